The standard InChI is InChI=1S/C27H23Cl2N3O2/c1-17(19-6-3-2-4-7-19)30-27(33)25-22-9-5-8-20(14-18-12-13-34-16-18)26(22)32(31-25)24-11-10-21(28)15-23(24)29/h2-4,6-7,10-17H,5,8-9H2,1H3,(H,30,33)/b20-14+/t17-/m1/s1. The van der Waals surface area contributed by atoms with E-state index in [-0.39, 0.29) is 11.9 Å². The lowest BCUT2D eigenvalue weighted by Crippen LogP contribution is -2.28. The van der Waals surface area contributed by atoms with Gasteiger partial charge in [-0.2, -0.15) is 5.10 Å². The molecule has 5 nitrogen and oxygen atoms in total. The molecule has 1 atom stereocenters. The zero-order valence-electron chi connectivity index (χ0n) is 18.6. The summed E-state index contributed by atoms with van der Waals surface area (Å²) in [5, 5.41) is 8.91. The van der Waals surface area contributed by atoms with Crippen LogP contribution in [0.2, 0.25) is 10.0 Å². The Morgan fingerprint density at radius 1 is 1.15 bits per heavy atom. The Labute approximate surface area is 208 Å². The molecule has 7 heteroatoms. The second-order valence-electron chi connectivity index (χ2n) is 8.37. The third-order valence-corrected chi connectivity index (χ3v) is 6.58. The van der Waals surface area contributed by atoms with Gasteiger partial charge in [-0.3, -0.25) is 4.79 Å². The number of amides is 1. The van der Waals surface area contributed by atoms with Crippen LogP contribution < -0.4 is 5.32 Å². The molecule has 2 aromatic carbocycles. The topological polar surface area (TPSA) is 60.1 Å². The van der Waals surface area contributed by atoms with Crippen LogP contribution in [0.1, 0.15) is 58.7 Å². The van der Waals surface area contributed by atoms with E-state index in [1.165, 1.54) is 0 Å². The molecule has 0 bridgehead atoms. The molecule has 34 heavy (non-hydrogen) atoms. The van der Waals surface area contributed by atoms with E-state index < -0.39 is 0 Å². The maximum absolute atomic E-state index is 13.4. The molecule has 0 spiro atoms. The Morgan fingerprint density at radius 2 is 1.97 bits per heavy atom. The fourth-order valence-corrected chi connectivity index (χ4v) is 4.88. The molecule has 1 aliphatic rings. The van der Waals surface area contributed by atoms with Crippen LogP contribution in [0, 0.1) is 0 Å². The maximum atomic E-state index is 13.4. The number of carbonyl (C=O) groups excluding carboxylic acids is 1. The summed E-state index contributed by atoms with van der Waals surface area (Å²) in [5.41, 5.74) is 5.99. The number of furan rings is 1. The molecule has 0 saturated heterocycles. The van der Waals surface area contributed by atoms with Crippen LogP contribution in [0.25, 0.3) is 17.3 Å². The Kier molecular flexibility index (Phi) is 6.31. The first-order chi connectivity index (χ1) is 16.5. The van der Waals surface area contributed by atoms with Crippen LogP contribution in [0.3, 0.4) is 0 Å². The van der Waals surface area contributed by atoms with E-state index in [9.17, 15) is 4.79 Å². The number of aromatic nitrogens is 2. The van der Waals surface area contributed by atoms with Crippen LogP contribution in [0.5, 0.6) is 0 Å². The summed E-state index contributed by atoms with van der Waals surface area (Å²) >= 11 is 12.7. The molecule has 1 N–H and O–H groups in total. The lowest BCUT2D eigenvalue weighted by molar-refractivity contribution is 0.0933. The smallest absolute Gasteiger partial charge is 0.272 e. The third-order valence-electron chi connectivity index (χ3n) is 6.04. The van der Waals surface area contributed by atoms with Crippen LogP contribution in [-0.2, 0) is 6.42 Å². The molecule has 4 aromatic rings. The third kappa shape index (κ3) is 4.41. The lowest BCUT2D eigenvalue weighted by Gasteiger charge is -2.19. The molecule has 2 heterocycles. The van der Waals surface area contributed by atoms with Crippen LogP contribution in [0.4, 0.5) is 0 Å². The first-order valence-electron chi connectivity index (χ1n) is 11.2. The van der Waals surface area contributed by atoms with Crippen molar-refractivity contribution in [2.75, 3.05) is 0 Å². The fourth-order valence-electron chi connectivity index (χ4n) is 4.39. The molecule has 0 saturated carbocycles. The number of benzene rings is 2. The van der Waals surface area contributed by atoms with Gasteiger partial charge in [0.2, 0.25) is 0 Å². The van der Waals surface area contributed by atoms with E-state index >= 15 is 0 Å². The molecule has 2 aromatic heterocycles. The monoisotopic (exact) mass is 491 g/mol. The van der Waals surface area contributed by atoms with Gasteiger partial charge in [0, 0.05) is 16.1 Å². The van der Waals surface area contributed by atoms with Gasteiger partial charge in [0.25, 0.3) is 5.91 Å². The number of carbonyl (C=O) groups is 1. The minimum Gasteiger partial charge on any atom is -0.472 e. The average Bonchev–Trinajstić information content (AvgIpc) is 3.48. The van der Waals surface area contributed by atoms with E-state index in [1.54, 1.807) is 29.3 Å². The second kappa shape index (κ2) is 9.53. The Balaban J connectivity index is 1.61. The Morgan fingerprint density at radius 3 is 2.71 bits per heavy atom. The van der Waals surface area contributed by atoms with Gasteiger partial charge in [0.15, 0.2) is 5.69 Å². The Hall–Kier alpha value is -3.28. The van der Waals surface area contributed by atoms with Crippen molar-refractivity contribution in [2.24, 2.45) is 0 Å². The molecule has 172 valence electrons. The van der Waals surface area contributed by atoms with Gasteiger partial charge in [-0.25, -0.2) is 4.68 Å². The highest BCUT2D eigenvalue weighted by molar-refractivity contribution is 6.35. The number of nitrogens with one attached hydrogen (secondary N) is 1. The van der Waals surface area contributed by atoms with Crippen molar-refractivity contribution >= 4 is 40.8 Å². The van der Waals surface area contributed by atoms with E-state index in [0.29, 0.717) is 21.4 Å². The normalized spacial score (nSPS) is 15.2. The minimum atomic E-state index is -0.207. The van der Waals surface area contributed by atoms with Crippen molar-refractivity contribution in [1.29, 1.82) is 0 Å². The second-order valence-corrected chi connectivity index (χ2v) is 9.21. The molecular weight excluding hydrogens is 469 g/mol. The SMILES string of the molecule is C[C@@H](NC(=O)c1nn(-c2ccc(Cl)cc2Cl)c2c1CCC/C2=C\c1ccoc1)c1ccccc1. The first kappa shape index (κ1) is 22.5. The number of rotatable bonds is 5. The van der Waals surface area contributed by atoms with Crippen molar-refractivity contribution in [3.05, 3.63) is 105 Å². The Bertz CT molecular complexity index is 1360. The van der Waals surface area contributed by atoms with Crippen molar-refractivity contribution in [2.45, 2.75) is 32.2 Å². The summed E-state index contributed by atoms with van der Waals surface area (Å²) in [6.45, 7) is 1.97. The molecule has 1 amide bonds. The maximum Gasteiger partial charge on any atom is 0.272 e. The largest absolute Gasteiger partial charge is 0.472 e. The van der Waals surface area contributed by atoms with E-state index in [1.807, 2.05) is 49.4 Å². The fraction of sp³-hybridized carbons (Fsp3) is 0.185. The zero-order chi connectivity index (χ0) is 23.7. The predicted molar refractivity (Wildman–Crippen MR) is 135 cm³/mol. The van der Waals surface area contributed by atoms with E-state index in [4.69, 9.17) is 32.7 Å². The highest BCUT2D eigenvalue weighted by Crippen LogP contribution is 2.37. The zero-order valence-corrected chi connectivity index (χ0v) is 20.1. The van der Waals surface area contributed by atoms with Crippen LogP contribution in [-0.4, -0.2) is 15.7 Å². The van der Waals surface area contributed by atoms with Gasteiger partial charge in [-0.1, -0.05) is 53.5 Å². The average molecular weight is 492 g/mol. The number of fused-ring (bicyclic) bond motifs is 1. The molecule has 0 fully saturated rings. The lowest BCUT2D eigenvalue weighted by atomic mass is 9.90. The minimum absolute atomic E-state index is 0.154. The number of hydrogen-bond acceptors (Lipinski definition) is 3. The van der Waals surface area contributed by atoms with Gasteiger partial charge in [0.05, 0.1) is 35.0 Å². The van der Waals surface area contributed by atoms with Crippen LogP contribution >= 0.6 is 23.2 Å². The molecule has 0 unspecified atom stereocenters. The highest BCUT2D eigenvalue weighted by Gasteiger charge is 2.29. The van der Waals surface area contributed by atoms with Gasteiger partial charge < -0.3 is 9.73 Å². The highest BCUT2D eigenvalue weighted by atomic mass is 35.5. The van der Waals surface area contributed by atoms with Crippen molar-refractivity contribution in [3.8, 4) is 5.69 Å². The molecule has 0 radical (unpaired) electrons. The number of hydrogen-bond donors (Lipinski definition) is 1. The summed E-state index contributed by atoms with van der Waals surface area (Å²) in [5.74, 6) is -0.207. The van der Waals surface area contributed by atoms with Gasteiger partial charge in [0.1, 0.15) is 0 Å². The van der Waals surface area contributed by atoms with Crippen molar-refractivity contribution in [1.82, 2.24) is 15.1 Å². The number of halogens is 2. The summed E-state index contributed by atoms with van der Waals surface area (Å²) in [4.78, 5) is 13.4. The molecule has 0 aliphatic heterocycles. The van der Waals surface area contributed by atoms with E-state index in [2.05, 4.69) is 11.4 Å². The summed E-state index contributed by atoms with van der Waals surface area (Å²) in [7, 11) is 0. The quantitative estimate of drug-likeness (QED) is 0.322. The van der Waals surface area contributed by atoms with Gasteiger partial charge in [-0.15, -0.1) is 0 Å². The molecule has 1 aliphatic carbocycles. The van der Waals surface area contributed by atoms with Gasteiger partial charge >= 0.3 is 0 Å². The van der Waals surface area contributed by atoms with Crippen molar-refractivity contribution < 1.29 is 9.21 Å². The van der Waals surface area contributed by atoms with Crippen molar-refractivity contribution in [3.63, 3.8) is 0 Å². The first-order valence-corrected chi connectivity index (χ1v) is 11.9. The predicted octanol–water partition coefficient (Wildman–Crippen LogP) is 7.14. The summed E-state index contributed by atoms with van der Waals surface area (Å²) < 4.78 is 7.03. The molecule has 5 rings (SSSR count). The number of nitrogens with zero attached hydrogens (tertiary/aromatic N) is 2. The summed E-state index contributed by atoms with van der Waals surface area (Å²) in [6.07, 6.45) is 7.96. The van der Waals surface area contributed by atoms with Crippen LogP contribution in [0.15, 0.2) is 71.5 Å². The van der Waals surface area contributed by atoms with Gasteiger partial charge in [-0.05, 0) is 67.7 Å². The molecular formula is C27H23Cl2N3O2. The number of allylic oxidation sites excluding steroid dienone is 1. The summed E-state index contributed by atoms with van der Waals surface area (Å²) in [6, 6.07) is 16.9. The van der Waals surface area contributed by atoms with E-state index in [0.717, 1.165) is 47.2 Å².